The Bertz CT molecular complexity index is 5100. The first kappa shape index (κ1) is 98.5. The van der Waals surface area contributed by atoms with Gasteiger partial charge in [-0.2, -0.15) is 19.2 Å². The maximum atomic E-state index is 13.7. The highest BCUT2D eigenvalue weighted by atomic mass is 79.9. The minimum Gasteiger partial charge on any atom is -0.499 e. The summed E-state index contributed by atoms with van der Waals surface area (Å²) in [4.78, 5) is 55.2. The first-order valence-corrected chi connectivity index (χ1v) is 62.7. The first-order chi connectivity index (χ1) is 58.1. The predicted octanol–water partition coefficient (Wildman–Crippen LogP) is 19.7. The molecule has 0 spiro atoms. The van der Waals surface area contributed by atoms with Crippen LogP contribution in [0.3, 0.4) is 0 Å². The van der Waals surface area contributed by atoms with Crippen molar-refractivity contribution < 1.29 is 64.3 Å². The van der Waals surface area contributed by atoms with Crippen molar-refractivity contribution in [1.29, 1.82) is 0 Å². The molecule has 12 rings (SSSR count). The third-order valence-corrected chi connectivity index (χ3v) is 32.8. The molecular weight excluding hydrogens is 1740 g/mol. The number of hydrogen-bond acceptors (Lipinski definition) is 22. The van der Waals surface area contributed by atoms with Crippen molar-refractivity contribution in [2.45, 2.75) is 238 Å². The Balaban J connectivity index is 0.000000244. The molecule has 4 saturated heterocycles. The van der Waals surface area contributed by atoms with Gasteiger partial charge in [-0.25, -0.2) is 36.4 Å². The van der Waals surface area contributed by atoms with Gasteiger partial charge in [-0.3, -0.25) is 9.97 Å². The maximum Gasteiger partial charge on any atom is 0.410 e. The topological polar surface area (TPSA) is 275 Å². The molecule has 33 heteroatoms. The maximum absolute atomic E-state index is 13.7. The molecule has 4 aliphatic heterocycles. The fraction of sp³-hybridized carbons (Fsp3) is 0.560. The van der Waals surface area contributed by atoms with Gasteiger partial charge in [0.05, 0.1) is 87.2 Å². The number of hydrogen-bond donors (Lipinski definition) is 0. The number of carbonyl (C=O) groups excluding carboxylic acids is 2. The van der Waals surface area contributed by atoms with Crippen LogP contribution in [-0.4, -0.2) is 235 Å². The fourth-order valence-electron chi connectivity index (χ4n) is 15.6. The second-order valence-corrected chi connectivity index (χ2v) is 67.4. The SMILES string of the molecule is C=C(C)OCC.C=C(OCC)c1c(C2CC3CS(=O)(=O)CC(C2)N3C(=O)OC(C)(C)C)nc2c(-c3ccc(-c4ccccc4)nc3)cnn2c1N(COCC[Si](C)(C)C)COCC[Si](C)(C)C.CC(C)(C)OC(=O)N1C2CC(c3nc4c(-c5ccc(-c6ccccc6)nc5)cnn4c(N(COCC[Si](C)(C)C)COCC[Si](C)(C)C)c3Br)CC1CS(=O)(=O)C2. The largest absolute Gasteiger partial charge is 0.499 e. The van der Waals surface area contributed by atoms with E-state index in [-0.39, 0.29) is 61.8 Å². The zero-order chi connectivity index (χ0) is 90.7. The van der Waals surface area contributed by atoms with E-state index >= 15 is 0 Å². The Kier molecular flexibility index (Phi) is 33.0. The molecule has 4 atom stereocenters. The Hall–Kier alpha value is -7.71. The summed E-state index contributed by atoms with van der Waals surface area (Å²) < 4.78 is 106. The number of benzene rings is 2. The van der Waals surface area contributed by atoms with E-state index in [1.54, 1.807) is 9.80 Å². The molecule has 4 unspecified atom stereocenters. The number of nitrogens with zero attached hydrogens (tertiary/aromatic N) is 12. The van der Waals surface area contributed by atoms with E-state index in [2.05, 4.69) is 117 Å². The summed E-state index contributed by atoms with van der Waals surface area (Å²) in [6.07, 6.45) is 7.87. The van der Waals surface area contributed by atoms with E-state index in [9.17, 15) is 26.4 Å². The van der Waals surface area contributed by atoms with Gasteiger partial charge in [0, 0.05) is 141 Å². The summed E-state index contributed by atoms with van der Waals surface area (Å²) in [6, 6.07) is 29.9. The molecule has 4 aliphatic rings. The van der Waals surface area contributed by atoms with Crippen molar-refractivity contribution in [2.24, 2.45) is 0 Å². The number of fused-ring (bicyclic) bond motifs is 6. The zero-order valence-corrected chi connectivity index (χ0v) is 84.3. The summed E-state index contributed by atoms with van der Waals surface area (Å²) in [7, 11) is -12.3. The summed E-state index contributed by atoms with van der Waals surface area (Å²) in [5.41, 5.74) is 8.94. The molecule has 2 aromatic carbocycles. The van der Waals surface area contributed by atoms with E-state index in [1.807, 2.05) is 181 Å². The zero-order valence-electron chi connectivity index (χ0n) is 77.1. The standard InChI is InChI=1S/C45H66N6O7SSi2.C41H59BrN6O6SSi2.C5H10O/c1-12-57-32(2)40-41(35-24-36-28-59(53,54)29-37(25-35)50(36)44(52)58-45(3,4)5)48-42-38(34-18-19-39(46-26-34)33-16-14-13-15-17-33)27-47-51(42)43(40)49(30-55-20-22-60(6,7)8)31-56-21-23-61(9,10)11;1-41(2,3)54-40(49)47-32-21-31(22-33(47)26-55(50,51)25-32)37-36(42)39(46(27-52-17-19-56(4,5)6)28-53-18-20-57(7,8)9)48-38(45-37)34(24-44-48)30-15-16-35(43-23-30)29-13-11-10-12-14-29;1-4-6-5(2)3/h13-19,26-27,35-37H,2,12,20-25,28-31H2,1,3-11H3;10-16,23-24,31-33H,17-22,25-28H2,1-9H3;2,4H2,1,3H3. The lowest BCUT2D eigenvalue weighted by molar-refractivity contribution is -0.00498. The van der Waals surface area contributed by atoms with E-state index < -0.39 is 99.5 Å². The van der Waals surface area contributed by atoms with E-state index in [0.29, 0.717) is 92.8 Å². The normalized spacial score (nSPS) is 18.9. The number of allylic oxidation sites excluding steroid dienone is 1. The number of sulfone groups is 2. The highest BCUT2D eigenvalue weighted by molar-refractivity contribution is 9.10. The lowest BCUT2D eigenvalue weighted by Crippen LogP contribution is -2.61. The first-order valence-electron chi connectivity index (χ1n) is 43.5. The average molecular weight is 1880 g/mol. The van der Waals surface area contributed by atoms with Crippen molar-refractivity contribution in [3.8, 4) is 44.8 Å². The number of carbonyl (C=O) groups is 2. The molecule has 0 N–H and O–H groups in total. The molecule has 8 aromatic rings. The molecule has 10 heterocycles. The van der Waals surface area contributed by atoms with E-state index in [1.165, 1.54) is 0 Å². The number of halogens is 1. The van der Waals surface area contributed by atoms with Crippen molar-refractivity contribution >= 4 is 109 Å². The number of amides is 2. The third-order valence-electron chi connectivity index (χ3n) is 21.7. The second-order valence-electron chi connectivity index (χ2n) is 39.9. The Labute approximate surface area is 749 Å². The monoisotopic (exact) mass is 1870 g/mol. The van der Waals surface area contributed by atoms with Gasteiger partial charge in [0.1, 0.15) is 49.7 Å². The van der Waals surface area contributed by atoms with Crippen LogP contribution in [0.2, 0.25) is 103 Å². The highest BCUT2D eigenvalue weighted by Crippen LogP contribution is 2.48. The molecular formula is C91H135BrN12O14S2Si4. The highest BCUT2D eigenvalue weighted by Gasteiger charge is 2.51. The van der Waals surface area contributed by atoms with Gasteiger partial charge in [-0.15, -0.1) is 0 Å². The van der Waals surface area contributed by atoms with Crippen molar-refractivity contribution in [1.82, 2.24) is 49.0 Å². The molecule has 26 nitrogen and oxygen atoms in total. The lowest BCUT2D eigenvalue weighted by Gasteiger charge is -2.48. The quantitative estimate of drug-likeness (QED) is 0.0160. The van der Waals surface area contributed by atoms with Gasteiger partial charge in [0.2, 0.25) is 0 Å². The van der Waals surface area contributed by atoms with Crippen LogP contribution in [-0.2, 0) is 57.6 Å². The van der Waals surface area contributed by atoms with E-state index in [0.717, 1.165) is 97.3 Å². The number of piperidine rings is 2. The molecule has 6 aromatic heterocycles. The number of aromatic nitrogens is 8. The van der Waals surface area contributed by atoms with Gasteiger partial charge in [0.25, 0.3) is 0 Å². The minimum absolute atomic E-state index is 0.120. The number of pyridine rings is 2. The van der Waals surface area contributed by atoms with Crippen LogP contribution in [0.5, 0.6) is 0 Å². The van der Waals surface area contributed by atoms with Crippen LogP contribution in [0.1, 0.15) is 117 Å². The molecule has 4 bridgehead atoms. The van der Waals surface area contributed by atoms with Crippen LogP contribution in [0, 0.1) is 0 Å². The molecule has 678 valence electrons. The Morgan fingerprint density at radius 2 is 0.815 bits per heavy atom. The molecule has 124 heavy (non-hydrogen) atoms. The van der Waals surface area contributed by atoms with Crippen molar-refractivity contribution in [3.63, 3.8) is 0 Å². The van der Waals surface area contributed by atoms with Gasteiger partial charge >= 0.3 is 12.2 Å². The van der Waals surface area contributed by atoms with E-state index in [4.69, 9.17) is 68.0 Å². The van der Waals surface area contributed by atoms with Gasteiger partial charge in [-0.05, 0) is 140 Å². The summed E-state index contributed by atoms with van der Waals surface area (Å²) in [5, 5.41) is 9.94. The molecule has 2 amide bonds. The number of ether oxygens (including phenoxy) is 8. The predicted molar refractivity (Wildman–Crippen MR) is 512 cm³/mol. The molecule has 0 saturated carbocycles. The second kappa shape index (κ2) is 41.6. The van der Waals surface area contributed by atoms with Crippen LogP contribution in [0.25, 0.3) is 61.8 Å². The molecule has 4 fully saturated rings. The van der Waals surface area contributed by atoms with Crippen LogP contribution < -0.4 is 9.80 Å². The van der Waals surface area contributed by atoms with Crippen molar-refractivity contribution in [3.05, 3.63) is 150 Å². The smallest absolute Gasteiger partial charge is 0.410 e. The fourth-order valence-corrected chi connectivity index (χ4v) is 23.3. The number of anilines is 2. The lowest BCUT2D eigenvalue weighted by atomic mass is 9.82. The van der Waals surface area contributed by atoms with Gasteiger partial charge in [-0.1, -0.05) is 165 Å². The summed E-state index contributed by atoms with van der Waals surface area (Å²) >= 11 is 4.01. The number of rotatable bonds is 33. The molecule has 0 radical (unpaired) electrons. The van der Waals surface area contributed by atoms with Crippen LogP contribution in [0.15, 0.2) is 133 Å². The van der Waals surface area contributed by atoms with Crippen LogP contribution in [0.4, 0.5) is 21.2 Å². The minimum atomic E-state index is -3.42. The van der Waals surface area contributed by atoms with Crippen molar-refractivity contribution in [2.75, 3.05) is 99.4 Å². The van der Waals surface area contributed by atoms with Gasteiger partial charge in [0.15, 0.2) is 36.8 Å². The molecule has 0 aliphatic carbocycles. The Morgan fingerprint density at radius 3 is 1.13 bits per heavy atom. The average Bonchev–Trinajstić information content (AvgIpc) is 1.44. The third kappa shape index (κ3) is 27.7. The summed E-state index contributed by atoms with van der Waals surface area (Å²) in [5.74, 6) is 1.60. The Morgan fingerprint density at radius 1 is 0.476 bits per heavy atom. The van der Waals surface area contributed by atoms with Crippen LogP contribution >= 0.6 is 15.9 Å². The summed E-state index contributed by atoms with van der Waals surface area (Å²) in [6.45, 7) is 57.1. The van der Waals surface area contributed by atoms with Gasteiger partial charge < -0.3 is 57.5 Å².